The van der Waals surface area contributed by atoms with Crippen molar-refractivity contribution in [1.82, 2.24) is 9.78 Å². The molecule has 2 rings (SSSR count). The Balaban J connectivity index is 2.04. The minimum absolute atomic E-state index is 0.0340. The summed E-state index contributed by atoms with van der Waals surface area (Å²) in [5, 5.41) is 16.3. The predicted octanol–water partition coefficient (Wildman–Crippen LogP) is 2.96. The normalized spacial score (nSPS) is 10.6. The standard InChI is InChI=1S/C16H18ClN3O3/c1-9-14(10(2)20(3)19-9)4-5-15(21)18-13-7-11(16(22)23)6-12(17)8-13/h6-8H,4-5H2,1-3H3,(H,18,21)(H,22,23). The molecule has 1 heterocycles. The number of carbonyl (C=O) groups excluding carboxylic acids is 1. The van der Waals surface area contributed by atoms with Crippen LogP contribution >= 0.6 is 11.6 Å². The number of aromatic nitrogens is 2. The lowest BCUT2D eigenvalue weighted by molar-refractivity contribution is -0.116. The van der Waals surface area contributed by atoms with Gasteiger partial charge in [0.05, 0.1) is 11.3 Å². The topological polar surface area (TPSA) is 84.2 Å². The Labute approximate surface area is 139 Å². The van der Waals surface area contributed by atoms with E-state index in [-0.39, 0.29) is 22.9 Å². The molecule has 1 amide bonds. The first-order valence-corrected chi connectivity index (χ1v) is 7.48. The largest absolute Gasteiger partial charge is 0.478 e. The molecule has 23 heavy (non-hydrogen) atoms. The van der Waals surface area contributed by atoms with Crippen LogP contribution in [0.3, 0.4) is 0 Å². The maximum atomic E-state index is 12.1. The van der Waals surface area contributed by atoms with Crippen molar-refractivity contribution in [2.75, 3.05) is 5.32 Å². The van der Waals surface area contributed by atoms with Crippen molar-refractivity contribution in [3.8, 4) is 0 Å². The predicted molar refractivity (Wildman–Crippen MR) is 88.0 cm³/mol. The highest BCUT2D eigenvalue weighted by atomic mass is 35.5. The van der Waals surface area contributed by atoms with Crippen LogP contribution < -0.4 is 5.32 Å². The van der Waals surface area contributed by atoms with Gasteiger partial charge in [-0.15, -0.1) is 0 Å². The summed E-state index contributed by atoms with van der Waals surface area (Å²) >= 11 is 5.87. The maximum Gasteiger partial charge on any atom is 0.335 e. The molecule has 2 N–H and O–H groups in total. The van der Waals surface area contributed by atoms with E-state index in [1.807, 2.05) is 20.9 Å². The van der Waals surface area contributed by atoms with E-state index in [1.165, 1.54) is 18.2 Å². The fraction of sp³-hybridized carbons (Fsp3) is 0.312. The second-order valence-electron chi connectivity index (χ2n) is 5.35. The first kappa shape index (κ1) is 17.0. The van der Waals surface area contributed by atoms with Gasteiger partial charge in [0, 0.05) is 29.9 Å². The number of nitrogens with one attached hydrogen (secondary N) is 1. The minimum atomic E-state index is -1.09. The molecule has 7 heteroatoms. The van der Waals surface area contributed by atoms with Crippen LogP contribution in [0.5, 0.6) is 0 Å². The van der Waals surface area contributed by atoms with Gasteiger partial charge in [0.25, 0.3) is 0 Å². The Morgan fingerprint density at radius 2 is 2.00 bits per heavy atom. The molecule has 0 unspecified atom stereocenters. The van der Waals surface area contributed by atoms with Gasteiger partial charge in [-0.3, -0.25) is 9.48 Å². The monoisotopic (exact) mass is 335 g/mol. The molecule has 0 saturated carbocycles. The molecule has 0 spiro atoms. The number of rotatable bonds is 5. The van der Waals surface area contributed by atoms with E-state index < -0.39 is 5.97 Å². The zero-order valence-electron chi connectivity index (χ0n) is 13.2. The van der Waals surface area contributed by atoms with E-state index in [0.717, 1.165) is 17.0 Å². The first-order valence-electron chi connectivity index (χ1n) is 7.10. The van der Waals surface area contributed by atoms with Gasteiger partial charge in [-0.25, -0.2) is 4.79 Å². The van der Waals surface area contributed by atoms with Crippen LogP contribution in [0.4, 0.5) is 5.69 Å². The summed E-state index contributed by atoms with van der Waals surface area (Å²) < 4.78 is 1.79. The van der Waals surface area contributed by atoms with Gasteiger partial charge < -0.3 is 10.4 Å². The molecule has 0 aliphatic rings. The van der Waals surface area contributed by atoms with Crippen LogP contribution in [-0.2, 0) is 18.3 Å². The molecule has 0 aliphatic heterocycles. The number of amides is 1. The summed E-state index contributed by atoms with van der Waals surface area (Å²) in [6.45, 7) is 3.87. The van der Waals surface area contributed by atoms with Crippen molar-refractivity contribution < 1.29 is 14.7 Å². The van der Waals surface area contributed by atoms with Crippen molar-refractivity contribution in [3.05, 3.63) is 45.7 Å². The Morgan fingerprint density at radius 1 is 1.30 bits per heavy atom. The number of hydrogen-bond acceptors (Lipinski definition) is 3. The Morgan fingerprint density at radius 3 is 2.57 bits per heavy atom. The zero-order valence-corrected chi connectivity index (χ0v) is 13.9. The van der Waals surface area contributed by atoms with Crippen LogP contribution in [0.25, 0.3) is 0 Å². The first-order chi connectivity index (χ1) is 10.8. The fourth-order valence-electron chi connectivity index (χ4n) is 2.43. The second-order valence-corrected chi connectivity index (χ2v) is 5.79. The highest BCUT2D eigenvalue weighted by molar-refractivity contribution is 6.31. The molecule has 0 fully saturated rings. The molecular formula is C16H18ClN3O3. The lowest BCUT2D eigenvalue weighted by Gasteiger charge is -2.07. The molecular weight excluding hydrogens is 318 g/mol. The van der Waals surface area contributed by atoms with E-state index in [1.54, 1.807) is 4.68 Å². The van der Waals surface area contributed by atoms with Crippen LogP contribution in [0.2, 0.25) is 5.02 Å². The van der Waals surface area contributed by atoms with Crippen molar-refractivity contribution in [3.63, 3.8) is 0 Å². The highest BCUT2D eigenvalue weighted by Crippen LogP contribution is 2.20. The summed E-state index contributed by atoms with van der Waals surface area (Å²) in [4.78, 5) is 23.1. The fourth-order valence-corrected chi connectivity index (χ4v) is 2.66. The molecule has 0 bridgehead atoms. The third-order valence-corrected chi connectivity index (χ3v) is 3.91. The van der Waals surface area contributed by atoms with E-state index in [2.05, 4.69) is 10.4 Å². The number of carboxylic acids is 1. The van der Waals surface area contributed by atoms with Crippen LogP contribution in [0.1, 0.15) is 33.7 Å². The number of nitrogens with zero attached hydrogens (tertiary/aromatic N) is 2. The summed E-state index contributed by atoms with van der Waals surface area (Å²) in [7, 11) is 1.87. The Bertz CT molecular complexity index is 768. The van der Waals surface area contributed by atoms with Crippen molar-refractivity contribution >= 4 is 29.2 Å². The molecule has 122 valence electrons. The van der Waals surface area contributed by atoms with Crippen molar-refractivity contribution in [1.29, 1.82) is 0 Å². The van der Waals surface area contributed by atoms with Crippen molar-refractivity contribution in [2.24, 2.45) is 7.05 Å². The molecule has 0 atom stereocenters. The summed E-state index contributed by atoms with van der Waals surface area (Å²) in [5.74, 6) is -1.30. The molecule has 1 aromatic carbocycles. The number of carbonyl (C=O) groups is 2. The van der Waals surface area contributed by atoms with Gasteiger partial charge >= 0.3 is 5.97 Å². The van der Waals surface area contributed by atoms with Gasteiger partial charge in [-0.1, -0.05) is 11.6 Å². The number of anilines is 1. The summed E-state index contributed by atoms with van der Waals surface area (Å²) in [5.41, 5.74) is 3.41. The van der Waals surface area contributed by atoms with E-state index in [0.29, 0.717) is 12.1 Å². The lowest BCUT2D eigenvalue weighted by Crippen LogP contribution is -2.13. The number of halogens is 1. The summed E-state index contributed by atoms with van der Waals surface area (Å²) in [6.07, 6.45) is 0.853. The number of hydrogen-bond donors (Lipinski definition) is 2. The average Bonchev–Trinajstić information content (AvgIpc) is 2.69. The second kappa shape index (κ2) is 6.83. The zero-order chi connectivity index (χ0) is 17.1. The third kappa shape index (κ3) is 4.10. The molecule has 0 radical (unpaired) electrons. The Hall–Kier alpha value is -2.34. The molecule has 1 aromatic heterocycles. The summed E-state index contributed by atoms with van der Waals surface area (Å²) in [6, 6.07) is 4.24. The van der Waals surface area contributed by atoms with Gasteiger partial charge in [-0.2, -0.15) is 5.10 Å². The third-order valence-electron chi connectivity index (χ3n) is 3.69. The lowest BCUT2D eigenvalue weighted by atomic mass is 10.1. The number of aryl methyl sites for hydroxylation is 2. The maximum absolute atomic E-state index is 12.1. The van der Waals surface area contributed by atoms with E-state index >= 15 is 0 Å². The molecule has 2 aromatic rings. The molecule has 0 saturated heterocycles. The van der Waals surface area contributed by atoms with E-state index in [4.69, 9.17) is 16.7 Å². The van der Waals surface area contributed by atoms with Crippen molar-refractivity contribution in [2.45, 2.75) is 26.7 Å². The van der Waals surface area contributed by atoms with E-state index in [9.17, 15) is 9.59 Å². The van der Waals surface area contributed by atoms with Gasteiger partial charge in [0.15, 0.2) is 0 Å². The smallest absolute Gasteiger partial charge is 0.335 e. The van der Waals surface area contributed by atoms with Gasteiger partial charge in [0.2, 0.25) is 5.91 Å². The number of benzene rings is 1. The Kier molecular flexibility index (Phi) is 5.05. The van der Waals surface area contributed by atoms with Crippen LogP contribution in [0, 0.1) is 13.8 Å². The van der Waals surface area contributed by atoms with Crippen LogP contribution in [0.15, 0.2) is 18.2 Å². The molecule has 0 aliphatic carbocycles. The molecule has 6 nitrogen and oxygen atoms in total. The minimum Gasteiger partial charge on any atom is -0.478 e. The number of carboxylic acid groups (broad SMARTS) is 1. The van der Waals surface area contributed by atoms with Gasteiger partial charge in [0.1, 0.15) is 0 Å². The SMILES string of the molecule is Cc1nn(C)c(C)c1CCC(=O)Nc1cc(Cl)cc(C(=O)O)c1. The highest BCUT2D eigenvalue weighted by Gasteiger charge is 2.12. The average molecular weight is 336 g/mol. The van der Waals surface area contributed by atoms with Gasteiger partial charge in [-0.05, 0) is 44.0 Å². The quantitative estimate of drug-likeness (QED) is 0.879. The van der Waals surface area contributed by atoms with Crippen LogP contribution in [-0.4, -0.2) is 26.8 Å². The number of aromatic carboxylic acids is 1.